The van der Waals surface area contributed by atoms with Gasteiger partial charge in [0.25, 0.3) is 20.0 Å². The highest BCUT2D eigenvalue weighted by atomic mass is 32.3. The molecule has 0 bridgehead atoms. The fraction of sp³-hybridized carbons (Fsp3) is 0.167. The summed E-state index contributed by atoms with van der Waals surface area (Å²) in [5.74, 6) is -29.0. The molecule has 0 aliphatic heterocycles. The zero-order valence-corrected chi connectivity index (χ0v) is 18.9. The Morgan fingerprint density at radius 3 is 1.42 bits per heavy atom. The maximum atomic E-state index is 14.5. The van der Waals surface area contributed by atoms with Crippen molar-refractivity contribution < 1.29 is 65.9 Å². The van der Waals surface area contributed by atoms with Gasteiger partial charge in [-0.2, -0.15) is 8.78 Å². The van der Waals surface area contributed by atoms with E-state index >= 15 is 0 Å². The second-order valence-corrected chi connectivity index (χ2v) is 10.5. The number of ether oxygens (including phenoxy) is 1. The van der Waals surface area contributed by atoms with Gasteiger partial charge in [0.2, 0.25) is 23.2 Å². The Balaban J connectivity index is 2.74. The van der Waals surface area contributed by atoms with Crippen LogP contribution in [0.15, 0.2) is 22.4 Å². The number of allylic oxidation sites excluding steroid dienone is 1. The number of hydrogen-bond donors (Lipinski definition) is 0. The van der Waals surface area contributed by atoms with Gasteiger partial charge < -0.3 is 4.74 Å². The molecule has 2 aromatic rings. The van der Waals surface area contributed by atoms with Crippen molar-refractivity contribution in [1.82, 2.24) is 3.71 Å². The molecular weight excluding hydrogens is 561 g/mol. The first-order valence-corrected chi connectivity index (χ1v) is 11.8. The second kappa shape index (κ2) is 10.1. The molecule has 0 spiro atoms. The molecule has 0 atom stereocenters. The maximum Gasteiger partial charge on any atom is 0.311 e. The minimum Gasteiger partial charge on any atom is -0.420 e. The lowest BCUT2D eigenvalue weighted by Gasteiger charge is -2.20. The summed E-state index contributed by atoms with van der Waals surface area (Å²) in [5, 5.41) is 0. The van der Waals surface area contributed by atoms with E-state index in [9.17, 15) is 61.1 Å². The highest BCUT2D eigenvalue weighted by molar-refractivity contribution is 8.04. The summed E-state index contributed by atoms with van der Waals surface area (Å²) in [7, 11) is -13.0. The molecule has 0 aliphatic rings. The number of hydrogen-bond acceptors (Lipinski definition) is 6. The third-order valence-electron chi connectivity index (χ3n) is 4.31. The molecule has 0 N–H and O–H groups in total. The summed E-state index contributed by atoms with van der Waals surface area (Å²) >= 11 is 0. The molecule has 18 heteroatoms. The van der Waals surface area contributed by atoms with Crippen molar-refractivity contribution in [3.8, 4) is 5.75 Å². The molecule has 0 amide bonds. The molecule has 0 unspecified atom stereocenters. The van der Waals surface area contributed by atoms with Crippen LogP contribution in [-0.2, 0) is 24.8 Å². The number of sulfonamides is 2. The Labute approximate surface area is 196 Å². The molecule has 2 aromatic carbocycles. The zero-order valence-electron chi connectivity index (χ0n) is 17.3. The van der Waals surface area contributed by atoms with Gasteiger partial charge in [0.15, 0.2) is 44.7 Å². The molecule has 0 aliphatic carbocycles. The first kappa shape index (κ1) is 29.1. The van der Waals surface area contributed by atoms with Crippen molar-refractivity contribution in [2.45, 2.75) is 22.6 Å². The van der Waals surface area contributed by atoms with E-state index < -0.39 is 104 Å². The highest BCUT2D eigenvalue weighted by Gasteiger charge is 2.45. The van der Waals surface area contributed by atoms with Gasteiger partial charge in [0.05, 0.1) is 0 Å². The van der Waals surface area contributed by atoms with Crippen LogP contribution in [0.1, 0.15) is 12.8 Å². The van der Waals surface area contributed by atoms with E-state index in [0.29, 0.717) is 0 Å². The minimum atomic E-state index is -6.39. The first-order chi connectivity index (χ1) is 16.4. The van der Waals surface area contributed by atoms with E-state index in [-0.39, 0.29) is 13.5 Å². The Kier molecular flexibility index (Phi) is 8.16. The lowest BCUT2D eigenvalue weighted by Crippen LogP contribution is -2.36. The number of carbonyl (C=O) groups is 1. The number of benzene rings is 2. The van der Waals surface area contributed by atoms with Gasteiger partial charge in [-0.3, -0.25) is 4.79 Å². The monoisotopic (exact) mass is 571 g/mol. The lowest BCUT2D eigenvalue weighted by atomic mass is 10.2. The summed E-state index contributed by atoms with van der Waals surface area (Å²) in [6.45, 7) is 3.22. The summed E-state index contributed by atoms with van der Waals surface area (Å²) < 4.78 is 178. The fourth-order valence-corrected chi connectivity index (χ4v) is 5.75. The quantitative estimate of drug-likeness (QED) is 0.119. The molecule has 0 heterocycles. The van der Waals surface area contributed by atoms with Crippen LogP contribution in [0.5, 0.6) is 5.75 Å². The normalized spacial score (nSPS) is 12.2. The predicted octanol–water partition coefficient (Wildman–Crippen LogP) is 3.82. The van der Waals surface area contributed by atoms with E-state index in [0.717, 1.165) is 6.08 Å². The van der Waals surface area contributed by atoms with Gasteiger partial charge in [0.1, 0.15) is 0 Å². The SMILES string of the molecule is C=CCCC(=O)Oc1c(F)c(F)c(S(=O)(=O)N(C)S(=O)(=O)c2c(F)c(F)c(F)c(F)c2F)c(F)c1F. The Morgan fingerprint density at radius 1 is 0.722 bits per heavy atom. The molecule has 0 saturated heterocycles. The number of halogens is 9. The van der Waals surface area contributed by atoms with Crippen LogP contribution in [-0.4, -0.2) is 33.6 Å². The number of nitrogens with zero attached hydrogens (tertiary/aromatic N) is 1. The van der Waals surface area contributed by atoms with Crippen LogP contribution < -0.4 is 4.74 Å². The van der Waals surface area contributed by atoms with Crippen LogP contribution in [0.2, 0.25) is 0 Å². The molecule has 7 nitrogen and oxygen atoms in total. The minimum absolute atomic E-state index is 0.111. The molecule has 198 valence electrons. The predicted molar refractivity (Wildman–Crippen MR) is 99.7 cm³/mol. The van der Waals surface area contributed by atoms with E-state index in [1.165, 1.54) is 0 Å². The Hall–Kier alpha value is -3.12. The smallest absolute Gasteiger partial charge is 0.311 e. The molecular formula is C18H10F9NO6S2. The van der Waals surface area contributed by atoms with Crippen LogP contribution >= 0.6 is 0 Å². The summed E-state index contributed by atoms with van der Waals surface area (Å²) in [5.41, 5.74) is 0. The topological polar surface area (TPSA) is 97.8 Å². The van der Waals surface area contributed by atoms with Gasteiger partial charge >= 0.3 is 5.97 Å². The van der Waals surface area contributed by atoms with Gasteiger partial charge in [-0.25, -0.2) is 47.6 Å². The van der Waals surface area contributed by atoms with Crippen molar-refractivity contribution in [2.75, 3.05) is 7.05 Å². The van der Waals surface area contributed by atoms with E-state index in [2.05, 4.69) is 11.3 Å². The average molecular weight is 571 g/mol. The third-order valence-corrected chi connectivity index (χ3v) is 8.59. The van der Waals surface area contributed by atoms with Gasteiger partial charge in [-0.15, -0.1) is 6.58 Å². The van der Waals surface area contributed by atoms with Gasteiger partial charge in [0, 0.05) is 13.5 Å². The second-order valence-electron chi connectivity index (χ2n) is 6.50. The van der Waals surface area contributed by atoms with Crippen LogP contribution in [0.25, 0.3) is 0 Å². The van der Waals surface area contributed by atoms with Gasteiger partial charge in [-0.1, -0.05) is 9.79 Å². The van der Waals surface area contributed by atoms with Crippen LogP contribution in [0.4, 0.5) is 39.5 Å². The molecule has 2 rings (SSSR count). The molecule has 0 fully saturated rings. The summed E-state index contributed by atoms with van der Waals surface area (Å²) in [6, 6.07) is 0. The zero-order chi connectivity index (χ0) is 27.9. The summed E-state index contributed by atoms with van der Waals surface area (Å²) in [4.78, 5) is 6.06. The Bertz CT molecular complexity index is 1440. The highest BCUT2D eigenvalue weighted by Crippen LogP contribution is 2.36. The standard InChI is InChI=1S/C18H10F9NO6S2/c1-3-4-5-6(29)34-16-10(22)14(26)18(15(27)11(16)23)36(32,33)28(2)35(30,31)17-12(24)8(20)7(19)9(21)13(17)25/h3H,1,4-5H2,2H3. The van der Waals surface area contributed by atoms with Gasteiger partial charge in [-0.05, 0) is 6.42 Å². The lowest BCUT2D eigenvalue weighted by molar-refractivity contribution is -0.134. The van der Waals surface area contributed by atoms with Crippen molar-refractivity contribution in [3.63, 3.8) is 0 Å². The maximum absolute atomic E-state index is 14.5. The van der Waals surface area contributed by atoms with Crippen molar-refractivity contribution in [1.29, 1.82) is 0 Å². The van der Waals surface area contributed by atoms with E-state index in [4.69, 9.17) is 0 Å². The number of carbonyl (C=O) groups excluding carboxylic acids is 1. The van der Waals surface area contributed by atoms with Crippen molar-refractivity contribution >= 4 is 26.0 Å². The molecule has 0 radical (unpaired) electrons. The van der Waals surface area contributed by atoms with Crippen molar-refractivity contribution in [3.05, 3.63) is 65.0 Å². The third kappa shape index (κ3) is 4.66. The average Bonchev–Trinajstić information content (AvgIpc) is 2.80. The van der Waals surface area contributed by atoms with Crippen molar-refractivity contribution in [2.24, 2.45) is 0 Å². The van der Waals surface area contributed by atoms with E-state index in [1.807, 2.05) is 0 Å². The molecule has 0 saturated carbocycles. The van der Waals surface area contributed by atoms with Crippen LogP contribution in [0.3, 0.4) is 0 Å². The Morgan fingerprint density at radius 2 is 1.06 bits per heavy atom. The molecule has 36 heavy (non-hydrogen) atoms. The molecule has 0 aromatic heterocycles. The number of esters is 1. The van der Waals surface area contributed by atoms with E-state index in [1.54, 1.807) is 0 Å². The first-order valence-electron chi connectivity index (χ1n) is 8.87. The van der Waals surface area contributed by atoms with Crippen LogP contribution in [0, 0.1) is 52.4 Å². The number of rotatable bonds is 8. The fourth-order valence-electron chi connectivity index (χ4n) is 2.49. The largest absolute Gasteiger partial charge is 0.420 e. The summed E-state index contributed by atoms with van der Waals surface area (Å²) in [6.07, 6.45) is 0.458.